The number of hydrogen-bond acceptors (Lipinski definition) is 3. The van der Waals surface area contributed by atoms with E-state index in [0.717, 1.165) is 25.7 Å². The van der Waals surface area contributed by atoms with Gasteiger partial charge in [0.25, 0.3) is 0 Å². The Morgan fingerprint density at radius 3 is 2.86 bits per heavy atom. The van der Waals surface area contributed by atoms with Crippen molar-refractivity contribution in [1.29, 1.82) is 5.26 Å². The number of ether oxygens (including phenoxy) is 2. The van der Waals surface area contributed by atoms with E-state index < -0.39 is 5.82 Å². The molecule has 1 aliphatic carbocycles. The SMILES string of the molecule is N#Cc1c(F)cccc1OCC1CCC2(CCCCC2)O1. The van der Waals surface area contributed by atoms with Crippen molar-refractivity contribution in [1.82, 2.24) is 0 Å². The second-order valence-electron chi connectivity index (χ2n) is 6.06. The van der Waals surface area contributed by atoms with Crippen LogP contribution in [0.4, 0.5) is 4.39 Å². The van der Waals surface area contributed by atoms with Crippen LogP contribution in [0.2, 0.25) is 0 Å². The highest BCUT2D eigenvalue weighted by Crippen LogP contribution is 2.42. The Bertz CT molecular complexity index is 546. The molecule has 1 unspecified atom stereocenters. The summed E-state index contributed by atoms with van der Waals surface area (Å²) in [5.41, 5.74) is 0.0367. The summed E-state index contributed by atoms with van der Waals surface area (Å²) < 4.78 is 25.4. The van der Waals surface area contributed by atoms with Crippen molar-refractivity contribution in [3.63, 3.8) is 0 Å². The summed E-state index contributed by atoms with van der Waals surface area (Å²) in [6.07, 6.45) is 8.22. The molecule has 1 heterocycles. The molecule has 1 aromatic carbocycles. The van der Waals surface area contributed by atoms with Gasteiger partial charge >= 0.3 is 0 Å². The van der Waals surface area contributed by atoms with E-state index >= 15 is 0 Å². The lowest BCUT2D eigenvalue weighted by Crippen LogP contribution is -2.32. The van der Waals surface area contributed by atoms with Gasteiger partial charge in [0.05, 0.1) is 11.7 Å². The van der Waals surface area contributed by atoms with E-state index in [2.05, 4.69) is 0 Å². The molecule has 0 N–H and O–H groups in total. The number of halogens is 1. The number of nitrogens with zero attached hydrogens (tertiary/aromatic N) is 1. The second-order valence-corrected chi connectivity index (χ2v) is 6.06. The lowest BCUT2D eigenvalue weighted by atomic mass is 9.83. The number of nitriles is 1. The molecule has 21 heavy (non-hydrogen) atoms. The summed E-state index contributed by atoms with van der Waals surface area (Å²) in [4.78, 5) is 0. The van der Waals surface area contributed by atoms with E-state index in [0.29, 0.717) is 12.4 Å². The molecule has 1 aliphatic heterocycles. The average Bonchev–Trinajstić information content (AvgIpc) is 2.88. The van der Waals surface area contributed by atoms with Crippen LogP contribution in [0, 0.1) is 17.1 Å². The fourth-order valence-corrected chi connectivity index (χ4v) is 3.49. The van der Waals surface area contributed by atoms with Crippen LogP contribution in [0.3, 0.4) is 0 Å². The Hall–Kier alpha value is -1.60. The molecule has 1 spiro atoms. The van der Waals surface area contributed by atoms with Gasteiger partial charge in [-0.25, -0.2) is 4.39 Å². The molecule has 0 aromatic heterocycles. The molecular formula is C17H20FNO2. The van der Waals surface area contributed by atoms with Gasteiger partial charge < -0.3 is 9.47 Å². The quantitative estimate of drug-likeness (QED) is 0.846. The van der Waals surface area contributed by atoms with E-state index in [9.17, 15) is 4.39 Å². The Morgan fingerprint density at radius 1 is 1.29 bits per heavy atom. The van der Waals surface area contributed by atoms with Gasteiger partial charge in [-0.3, -0.25) is 0 Å². The fraction of sp³-hybridized carbons (Fsp3) is 0.588. The molecule has 2 fully saturated rings. The average molecular weight is 289 g/mol. The highest BCUT2D eigenvalue weighted by atomic mass is 19.1. The van der Waals surface area contributed by atoms with Crippen LogP contribution in [-0.2, 0) is 4.74 Å². The van der Waals surface area contributed by atoms with Crippen LogP contribution in [0.5, 0.6) is 5.75 Å². The smallest absolute Gasteiger partial charge is 0.144 e. The summed E-state index contributed by atoms with van der Waals surface area (Å²) in [7, 11) is 0. The van der Waals surface area contributed by atoms with E-state index in [-0.39, 0.29) is 17.3 Å². The van der Waals surface area contributed by atoms with Gasteiger partial charge in [0.15, 0.2) is 0 Å². The Labute approximate surface area is 124 Å². The van der Waals surface area contributed by atoms with Crippen LogP contribution >= 0.6 is 0 Å². The van der Waals surface area contributed by atoms with Gasteiger partial charge in [0, 0.05) is 0 Å². The van der Waals surface area contributed by atoms with Crippen molar-refractivity contribution in [3.8, 4) is 11.8 Å². The van der Waals surface area contributed by atoms with Gasteiger partial charge in [-0.15, -0.1) is 0 Å². The van der Waals surface area contributed by atoms with E-state index in [1.54, 1.807) is 12.1 Å². The number of rotatable bonds is 3. The van der Waals surface area contributed by atoms with Crippen LogP contribution in [0.25, 0.3) is 0 Å². The predicted octanol–water partition coefficient (Wildman–Crippen LogP) is 3.96. The topological polar surface area (TPSA) is 42.2 Å². The maximum absolute atomic E-state index is 13.5. The maximum atomic E-state index is 13.5. The third-order valence-corrected chi connectivity index (χ3v) is 4.62. The summed E-state index contributed by atoms with van der Waals surface area (Å²) in [5.74, 6) is -0.225. The Kier molecular flexibility index (Phi) is 4.12. The molecule has 2 aliphatic rings. The van der Waals surface area contributed by atoms with Crippen molar-refractivity contribution in [3.05, 3.63) is 29.6 Å². The van der Waals surface area contributed by atoms with Gasteiger partial charge in [-0.05, 0) is 37.8 Å². The summed E-state index contributed by atoms with van der Waals surface area (Å²) >= 11 is 0. The molecule has 0 radical (unpaired) electrons. The van der Waals surface area contributed by atoms with Gasteiger partial charge in [-0.1, -0.05) is 25.3 Å². The van der Waals surface area contributed by atoms with E-state index in [1.165, 1.54) is 25.3 Å². The highest BCUT2D eigenvalue weighted by Gasteiger charge is 2.40. The first-order valence-corrected chi connectivity index (χ1v) is 7.72. The van der Waals surface area contributed by atoms with Crippen molar-refractivity contribution in [2.75, 3.05) is 6.61 Å². The first-order valence-electron chi connectivity index (χ1n) is 7.72. The third kappa shape index (κ3) is 3.03. The monoisotopic (exact) mass is 289 g/mol. The molecule has 0 bridgehead atoms. The minimum Gasteiger partial charge on any atom is -0.489 e. The van der Waals surface area contributed by atoms with Crippen molar-refractivity contribution in [2.24, 2.45) is 0 Å². The second kappa shape index (κ2) is 6.03. The molecule has 1 saturated heterocycles. The summed E-state index contributed by atoms with van der Waals surface area (Å²) in [6.45, 7) is 0.389. The molecule has 4 heteroatoms. The minimum atomic E-state index is -0.536. The maximum Gasteiger partial charge on any atom is 0.144 e. The normalized spacial score (nSPS) is 23.9. The van der Waals surface area contributed by atoms with Crippen molar-refractivity contribution < 1.29 is 13.9 Å². The lowest BCUT2D eigenvalue weighted by molar-refractivity contribution is -0.0749. The van der Waals surface area contributed by atoms with Crippen LogP contribution in [0.15, 0.2) is 18.2 Å². The molecule has 3 rings (SSSR count). The van der Waals surface area contributed by atoms with Crippen molar-refractivity contribution in [2.45, 2.75) is 56.7 Å². The molecule has 1 atom stereocenters. The summed E-state index contributed by atoms with van der Waals surface area (Å²) in [5, 5.41) is 8.99. The first-order chi connectivity index (χ1) is 10.2. The third-order valence-electron chi connectivity index (χ3n) is 4.62. The van der Waals surface area contributed by atoms with Crippen LogP contribution < -0.4 is 4.74 Å². The molecular weight excluding hydrogens is 269 g/mol. The standard InChI is InChI=1S/C17H20FNO2/c18-15-5-4-6-16(14(15)11-19)20-12-13-7-10-17(21-13)8-2-1-3-9-17/h4-6,13H,1-3,7-10,12H2. The molecule has 0 amide bonds. The van der Waals surface area contributed by atoms with Gasteiger partial charge in [0.1, 0.15) is 29.8 Å². The van der Waals surface area contributed by atoms with Gasteiger partial charge in [0.2, 0.25) is 0 Å². The Morgan fingerprint density at radius 2 is 2.10 bits per heavy atom. The van der Waals surface area contributed by atoms with Crippen LogP contribution in [-0.4, -0.2) is 18.3 Å². The molecule has 3 nitrogen and oxygen atoms in total. The van der Waals surface area contributed by atoms with E-state index in [1.807, 2.05) is 6.07 Å². The van der Waals surface area contributed by atoms with Crippen molar-refractivity contribution >= 4 is 0 Å². The summed E-state index contributed by atoms with van der Waals surface area (Å²) in [6, 6.07) is 6.32. The first kappa shape index (κ1) is 14.3. The number of benzene rings is 1. The zero-order valence-corrected chi connectivity index (χ0v) is 12.1. The zero-order valence-electron chi connectivity index (χ0n) is 12.1. The molecule has 1 aromatic rings. The largest absolute Gasteiger partial charge is 0.489 e. The molecule has 112 valence electrons. The highest BCUT2D eigenvalue weighted by molar-refractivity contribution is 5.43. The lowest BCUT2D eigenvalue weighted by Gasteiger charge is -2.33. The Balaban J connectivity index is 1.59. The zero-order chi connectivity index (χ0) is 14.7. The van der Waals surface area contributed by atoms with E-state index in [4.69, 9.17) is 14.7 Å². The fourth-order valence-electron chi connectivity index (χ4n) is 3.49. The predicted molar refractivity (Wildman–Crippen MR) is 76.5 cm³/mol. The number of hydrogen-bond donors (Lipinski definition) is 0. The van der Waals surface area contributed by atoms with Crippen LogP contribution in [0.1, 0.15) is 50.5 Å². The molecule has 1 saturated carbocycles. The van der Waals surface area contributed by atoms with Gasteiger partial charge in [-0.2, -0.15) is 5.26 Å². The minimum absolute atomic E-state index is 0.0251.